The molecule has 0 N–H and O–H groups in total. The lowest BCUT2D eigenvalue weighted by Gasteiger charge is -2.21. The maximum atomic E-state index is 11.8. The Hall–Kier alpha value is -3.34. The summed E-state index contributed by atoms with van der Waals surface area (Å²) in [5, 5.41) is 0. The van der Waals surface area contributed by atoms with Gasteiger partial charge < -0.3 is 14.2 Å². The van der Waals surface area contributed by atoms with Crippen LogP contribution in [0.5, 0.6) is 11.6 Å². The summed E-state index contributed by atoms with van der Waals surface area (Å²) in [6.45, 7) is 4.34. The topological polar surface area (TPSA) is 57.7 Å². The van der Waals surface area contributed by atoms with Crippen molar-refractivity contribution >= 4 is 5.97 Å². The molecule has 0 fully saturated rings. The van der Waals surface area contributed by atoms with Crippen LogP contribution in [0.15, 0.2) is 66.7 Å². The first-order valence-corrected chi connectivity index (χ1v) is 10.9. The molecule has 0 radical (unpaired) electrons. The van der Waals surface area contributed by atoms with Crippen molar-refractivity contribution in [1.82, 2.24) is 4.98 Å². The molecular weight excluding hydrogens is 402 g/mol. The van der Waals surface area contributed by atoms with Crippen LogP contribution in [0, 0.1) is 5.41 Å². The van der Waals surface area contributed by atoms with Gasteiger partial charge in [0.2, 0.25) is 5.88 Å². The molecule has 32 heavy (non-hydrogen) atoms. The van der Waals surface area contributed by atoms with E-state index in [4.69, 9.17) is 19.2 Å². The predicted molar refractivity (Wildman–Crippen MR) is 127 cm³/mol. The number of pyridine rings is 1. The van der Waals surface area contributed by atoms with Crippen LogP contribution in [0.3, 0.4) is 0 Å². The van der Waals surface area contributed by atoms with Crippen LogP contribution in [0.25, 0.3) is 22.4 Å². The van der Waals surface area contributed by atoms with Crippen molar-refractivity contribution in [3.05, 3.63) is 66.7 Å². The normalized spacial score (nSPS) is 11.1. The van der Waals surface area contributed by atoms with E-state index in [2.05, 4.69) is 6.07 Å². The average Bonchev–Trinajstić information content (AvgIpc) is 2.83. The lowest BCUT2D eigenvalue weighted by Crippen LogP contribution is -2.25. The number of ether oxygens (including phenoxy) is 3. The number of carbonyl (C=O) groups excluding carboxylic acids is 1. The second-order valence-electron chi connectivity index (χ2n) is 8.36. The minimum Gasteiger partial charge on any atom is -0.497 e. The smallest absolute Gasteiger partial charge is 0.311 e. The SMILES string of the molecule is COC(=O)C(C)(C)CCCCOc1cc(-c2cccc(OC)c2)cc(-c2ccccc2)n1. The summed E-state index contributed by atoms with van der Waals surface area (Å²) in [5.41, 5.74) is 3.45. The van der Waals surface area contributed by atoms with Gasteiger partial charge in [0, 0.05) is 11.6 Å². The molecule has 1 aromatic heterocycles. The highest BCUT2D eigenvalue weighted by atomic mass is 16.5. The number of unbranched alkanes of at least 4 members (excludes halogenated alkanes) is 1. The van der Waals surface area contributed by atoms with Crippen molar-refractivity contribution < 1.29 is 19.0 Å². The fourth-order valence-corrected chi connectivity index (χ4v) is 3.53. The lowest BCUT2D eigenvalue weighted by molar-refractivity contribution is -0.151. The van der Waals surface area contributed by atoms with E-state index in [-0.39, 0.29) is 5.97 Å². The van der Waals surface area contributed by atoms with Crippen molar-refractivity contribution in [2.24, 2.45) is 5.41 Å². The molecule has 0 unspecified atom stereocenters. The van der Waals surface area contributed by atoms with Crippen molar-refractivity contribution in [2.75, 3.05) is 20.8 Å². The Morgan fingerprint density at radius 1 is 0.875 bits per heavy atom. The summed E-state index contributed by atoms with van der Waals surface area (Å²) in [4.78, 5) is 16.6. The molecule has 0 amide bonds. The zero-order chi connectivity index (χ0) is 23.0. The predicted octanol–water partition coefficient (Wildman–Crippen LogP) is 6.17. The highest BCUT2D eigenvalue weighted by molar-refractivity contribution is 5.75. The van der Waals surface area contributed by atoms with Gasteiger partial charge in [-0.3, -0.25) is 4.79 Å². The molecule has 2 aromatic carbocycles. The van der Waals surface area contributed by atoms with Gasteiger partial charge in [-0.05, 0) is 62.4 Å². The van der Waals surface area contributed by atoms with E-state index in [0.717, 1.165) is 47.4 Å². The van der Waals surface area contributed by atoms with Gasteiger partial charge in [-0.2, -0.15) is 0 Å². The number of hydrogen-bond acceptors (Lipinski definition) is 5. The summed E-state index contributed by atoms with van der Waals surface area (Å²) in [6, 6.07) is 22.0. The molecule has 5 heteroatoms. The van der Waals surface area contributed by atoms with Crippen molar-refractivity contribution in [3.63, 3.8) is 0 Å². The number of aromatic nitrogens is 1. The van der Waals surface area contributed by atoms with E-state index in [9.17, 15) is 4.79 Å². The van der Waals surface area contributed by atoms with Crippen LogP contribution < -0.4 is 9.47 Å². The molecule has 0 bridgehead atoms. The molecule has 0 aliphatic carbocycles. The first-order valence-electron chi connectivity index (χ1n) is 10.9. The van der Waals surface area contributed by atoms with Gasteiger partial charge >= 0.3 is 5.97 Å². The van der Waals surface area contributed by atoms with Crippen LogP contribution >= 0.6 is 0 Å². The van der Waals surface area contributed by atoms with Gasteiger partial charge in [0.15, 0.2) is 0 Å². The summed E-state index contributed by atoms with van der Waals surface area (Å²) >= 11 is 0. The van der Waals surface area contributed by atoms with Crippen molar-refractivity contribution in [3.8, 4) is 34.0 Å². The molecule has 0 spiro atoms. The second-order valence-corrected chi connectivity index (χ2v) is 8.36. The lowest BCUT2D eigenvalue weighted by atomic mass is 9.87. The van der Waals surface area contributed by atoms with Gasteiger partial charge in [-0.1, -0.05) is 42.5 Å². The molecule has 0 aliphatic rings. The molecule has 0 saturated heterocycles. The number of rotatable bonds is 10. The quantitative estimate of drug-likeness (QED) is 0.283. The third-order valence-electron chi connectivity index (χ3n) is 5.46. The maximum Gasteiger partial charge on any atom is 0.311 e. The van der Waals surface area contributed by atoms with Gasteiger partial charge in [0.25, 0.3) is 0 Å². The molecule has 0 aliphatic heterocycles. The Kier molecular flexibility index (Phi) is 7.87. The molecule has 3 aromatic rings. The van der Waals surface area contributed by atoms with Gasteiger partial charge in [-0.25, -0.2) is 4.98 Å². The van der Waals surface area contributed by atoms with E-state index in [1.54, 1.807) is 7.11 Å². The Morgan fingerprint density at radius 2 is 1.62 bits per heavy atom. The zero-order valence-electron chi connectivity index (χ0n) is 19.3. The number of esters is 1. The zero-order valence-corrected chi connectivity index (χ0v) is 19.3. The van der Waals surface area contributed by atoms with Crippen LogP contribution in [0.2, 0.25) is 0 Å². The first-order chi connectivity index (χ1) is 15.4. The van der Waals surface area contributed by atoms with Crippen molar-refractivity contribution in [2.45, 2.75) is 33.1 Å². The third-order valence-corrected chi connectivity index (χ3v) is 5.46. The highest BCUT2D eigenvalue weighted by Crippen LogP contribution is 2.31. The molecule has 3 rings (SSSR count). The summed E-state index contributed by atoms with van der Waals surface area (Å²) < 4.78 is 16.3. The maximum absolute atomic E-state index is 11.8. The summed E-state index contributed by atoms with van der Waals surface area (Å²) in [6.07, 6.45) is 2.44. The average molecular weight is 434 g/mol. The number of carbonyl (C=O) groups is 1. The van der Waals surface area contributed by atoms with Crippen LogP contribution in [-0.2, 0) is 9.53 Å². The summed E-state index contributed by atoms with van der Waals surface area (Å²) in [5.74, 6) is 1.20. The van der Waals surface area contributed by atoms with Gasteiger partial charge in [0.1, 0.15) is 5.75 Å². The van der Waals surface area contributed by atoms with Crippen LogP contribution in [-0.4, -0.2) is 31.8 Å². The molecule has 0 saturated carbocycles. The fraction of sp³-hybridized carbons (Fsp3) is 0.333. The first kappa shape index (κ1) is 23.3. The highest BCUT2D eigenvalue weighted by Gasteiger charge is 2.27. The Morgan fingerprint density at radius 3 is 2.34 bits per heavy atom. The minimum atomic E-state index is -0.486. The van der Waals surface area contributed by atoms with E-state index in [1.165, 1.54) is 7.11 Å². The Labute approximate surface area is 190 Å². The number of benzene rings is 2. The van der Waals surface area contributed by atoms with Crippen molar-refractivity contribution in [1.29, 1.82) is 0 Å². The second kappa shape index (κ2) is 10.8. The van der Waals surface area contributed by atoms with E-state index in [1.807, 2.05) is 74.5 Å². The fourth-order valence-electron chi connectivity index (χ4n) is 3.53. The molecule has 0 atom stereocenters. The minimum absolute atomic E-state index is 0.182. The molecular formula is C27H31NO4. The molecule has 1 heterocycles. The Balaban J connectivity index is 1.75. The van der Waals surface area contributed by atoms with Gasteiger partial charge in [-0.15, -0.1) is 0 Å². The Bertz CT molecular complexity index is 1030. The standard InChI is InChI=1S/C27H31NO4/c1-27(2,26(29)31-4)15-8-9-16-32-25-19-22(21-13-10-14-23(17-21)30-3)18-24(28-25)20-11-6-5-7-12-20/h5-7,10-14,17-19H,8-9,15-16H2,1-4H3. The molecule has 5 nitrogen and oxygen atoms in total. The number of hydrogen-bond donors (Lipinski definition) is 0. The molecule has 168 valence electrons. The van der Waals surface area contributed by atoms with Gasteiger partial charge in [0.05, 0.1) is 31.9 Å². The summed E-state index contributed by atoms with van der Waals surface area (Å²) in [7, 11) is 3.09. The largest absolute Gasteiger partial charge is 0.497 e. The van der Waals surface area contributed by atoms with Crippen LogP contribution in [0.4, 0.5) is 0 Å². The van der Waals surface area contributed by atoms with E-state index < -0.39 is 5.41 Å². The van der Waals surface area contributed by atoms with Crippen LogP contribution in [0.1, 0.15) is 33.1 Å². The number of methoxy groups -OCH3 is 2. The number of nitrogens with zero attached hydrogens (tertiary/aromatic N) is 1. The monoisotopic (exact) mass is 433 g/mol. The van der Waals surface area contributed by atoms with E-state index in [0.29, 0.717) is 12.5 Å². The third kappa shape index (κ3) is 6.10. The van der Waals surface area contributed by atoms with E-state index >= 15 is 0 Å².